The summed E-state index contributed by atoms with van der Waals surface area (Å²) in [7, 11) is 0. The van der Waals surface area contributed by atoms with Crippen LogP contribution >= 0.6 is 11.6 Å². The second-order valence-electron chi connectivity index (χ2n) is 6.13. The van der Waals surface area contributed by atoms with E-state index < -0.39 is 0 Å². The van der Waals surface area contributed by atoms with E-state index in [4.69, 9.17) is 11.6 Å². The summed E-state index contributed by atoms with van der Waals surface area (Å²) in [6, 6.07) is 5.90. The summed E-state index contributed by atoms with van der Waals surface area (Å²) >= 11 is 6.16. The minimum Gasteiger partial charge on any atom is -0.381 e. The number of allylic oxidation sites excluding steroid dienone is 2. The molecule has 0 aromatic heterocycles. The van der Waals surface area contributed by atoms with Crippen LogP contribution in [0.3, 0.4) is 0 Å². The average Bonchev–Trinajstić information content (AvgIpc) is 2.60. The second kappa shape index (κ2) is 7.69. The van der Waals surface area contributed by atoms with Gasteiger partial charge in [-0.05, 0) is 42.8 Å². The maximum atomic E-state index is 12.3. The number of benzene rings is 1. The highest BCUT2D eigenvalue weighted by atomic mass is 35.5. The molecule has 4 nitrogen and oxygen atoms in total. The van der Waals surface area contributed by atoms with E-state index >= 15 is 0 Å². The number of hydrogen-bond acceptors (Lipinski definition) is 3. The predicted octanol–water partition coefficient (Wildman–Crippen LogP) is 3.26. The molecule has 2 N–H and O–H groups in total. The fourth-order valence-electron chi connectivity index (χ4n) is 3.00. The van der Waals surface area contributed by atoms with Crippen molar-refractivity contribution in [1.29, 1.82) is 0 Å². The zero-order valence-corrected chi connectivity index (χ0v) is 14.5. The molecular formula is C19H22ClN3O. The van der Waals surface area contributed by atoms with Gasteiger partial charge in [0.25, 0.3) is 0 Å². The molecule has 5 heteroatoms. The topological polar surface area (TPSA) is 44.4 Å². The number of carbonyl (C=O) groups is 1. The quantitative estimate of drug-likeness (QED) is 0.825. The molecule has 0 bridgehead atoms. The first-order valence-electron chi connectivity index (χ1n) is 8.19. The van der Waals surface area contributed by atoms with Crippen LogP contribution in [0.2, 0.25) is 5.02 Å². The predicted molar refractivity (Wildman–Crippen MR) is 99.2 cm³/mol. The Morgan fingerprint density at radius 3 is 2.96 bits per heavy atom. The third-order valence-electron chi connectivity index (χ3n) is 4.37. The first-order valence-corrected chi connectivity index (χ1v) is 8.57. The molecule has 0 radical (unpaired) electrons. The van der Waals surface area contributed by atoms with Gasteiger partial charge in [0.05, 0.1) is 23.3 Å². The lowest BCUT2D eigenvalue weighted by atomic mass is 9.98. The largest absolute Gasteiger partial charge is 0.381 e. The molecule has 0 saturated carbocycles. The molecule has 2 heterocycles. The summed E-state index contributed by atoms with van der Waals surface area (Å²) in [6.45, 7) is 4.00. The molecule has 1 unspecified atom stereocenters. The number of para-hydroxylation sites is 1. The Bertz CT molecular complexity index is 688. The number of nitrogens with one attached hydrogen (secondary N) is 2. The van der Waals surface area contributed by atoms with Crippen LogP contribution in [0.25, 0.3) is 0 Å². The average molecular weight is 344 g/mol. The zero-order valence-electron chi connectivity index (χ0n) is 13.8. The van der Waals surface area contributed by atoms with Gasteiger partial charge >= 0.3 is 0 Å². The molecule has 1 amide bonds. The van der Waals surface area contributed by atoms with E-state index in [-0.39, 0.29) is 11.9 Å². The van der Waals surface area contributed by atoms with Crippen molar-refractivity contribution >= 4 is 23.2 Å². The number of hydrogen-bond donors (Lipinski definition) is 2. The smallest absolute Gasteiger partial charge is 0.238 e. The minimum absolute atomic E-state index is 0.0262. The van der Waals surface area contributed by atoms with Crippen molar-refractivity contribution in [3.05, 3.63) is 64.9 Å². The fraction of sp³-hybridized carbons (Fsp3) is 0.316. The standard InChI is InChI=1S/C19H22ClN3O/c1-14-5-4-6-16(20)19(14)22-18(24)13-23-11-8-15(9-12-23)17-7-2-3-10-21-17/h2-8,10,17,21H,9,11-13H2,1H3,(H,22,24). The summed E-state index contributed by atoms with van der Waals surface area (Å²) in [4.78, 5) is 14.4. The highest BCUT2D eigenvalue weighted by Crippen LogP contribution is 2.25. The fourth-order valence-corrected chi connectivity index (χ4v) is 3.27. The number of anilines is 1. The molecule has 0 spiro atoms. The number of rotatable bonds is 4. The Labute approximate surface area is 147 Å². The Hall–Kier alpha value is -2.04. The molecular weight excluding hydrogens is 322 g/mol. The summed E-state index contributed by atoms with van der Waals surface area (Å²) in [5.41, 5.74) is 3.06. The second-order valence-corrected chi connectivity index (χ2v) is 6.54. The molecule has 3 rings (SSSR count). The number of nitrogens with zero attached hydrogens (tertiary/aromatic N) is 1. The van der Waals surface area contributed by atoms with Crippen LogP contribution in [0.15, 0.2) is 54.3 Å². The Morgan fingerprint density at radius 1 is 1.42 bits per heavy atom. The molecule has 2 aliphatic heterocycles. The van der Waals surface area contributed by atoms with Crippen LogP contribution in [-0.4, -0.2) is 36.5 Å². The van der Waals surface area contributed by atoms with Crippen LogP contribution in [0.5, 0.6) is 0 Å². The van der Waals surface area contributed by atoms with Crippen LogP contribution < -0.4 is 10.6 Å². The maximum absolute atomic E-state index is 12.3. The molecule has 126 valence electrons. The molecule has 0 saturated heterocycles. The van der Waals surface area contributed by atoms with E-state index in [0.717, 1.165) is 25.1 Å². The van der Waals surface area contributed by atoms with Crippen LogP contribution in [0, 0.1) is 6.92 Å². The van der Waals surface area contributed by atoms with E-state index in [1.807, 2.05) is 31.3 Å². The maximum Gasteiger partial charge on any atom is 0.238 e. The van der Waals surface area contributed by atoms with E-state index in [0.29, 0.717) is 17.3 Å². The number of carbonyl (C=O) groups excluding carboxylic acids is 1. The van der Waals surface area contributed by atoms with E-state index in [1.165, 1.54) is 5.57 Å². The summed E-state index contributed by atoms with van der Waals surface area (Å²) in [5, 5.41) is 6.85. The Morgan fingerprint density at radius 2 is 2.29 bits per heavy atom. The van der Waals surface area contributed by atoms with Crippen molar-refractivity contribution in [2.24, 2.45) is 0 Å². The van der Waals surface area contributed by atoms with Gasteiger partial charge in [-0.2, -0.15) is 0 Å². The van der Waals surface area contributed by atoms with Crippen molar-refractivity contribution in [3.63, 3.8) is 0 Å². The highest BCUT2D eigenvalue weighted by molar-refractivity contribution is 6.33. The number of aryl methyl sites for hydroxylation is 1. The normalized spacial score (nSPS) is 20.4. The van der Waals surface area contributed by atoms with Gasteiger partial charge in [0.1, 0.15) is 0 Å². The highest BCUT2D eigenvalue weighted by Gasteiger charge is 2.19. The minimum atomic E-state index is -0.0262. The van der Waals surface area contributed by atoms with Gasteiger partial charge in [-0.1, -0.05) is 42.0 Å². The van der Waals surface area contributed by atoms with E-state index in [2.05, 4.69) is 33.8 Å². The van der Waals surface area contributed by atoms with Crippen molar-refractivity contribution in [2.45, 2.75) is 19.4 Å². The third-order valence-corrected chi connectivity index (χ3v) is 4.68. The third kappa shape index (κ3) is 4.08. The van der Waals surface area contributed by atoms with Gasteiger partial charge in [-0.3, -0.25) is 9.69 Å². The number of dihydropyridines is 1. The molecule has 2 aliphatic rings. The summed E-state index contributed by atoms with van der Waals surface area (Å²) in [6.07, 6.45) is 11.4. The summed E-state index contributed by atoms with van der Waals surface area (Å²) < 4.78 is 0. The van der Waals surface area contributed by atoms with Gasteiger partial charge < -0.3 is 10.6 Å². The van der Waals surface area contributed by atoms with Crippen molar-refractivity contribution in [2.75, 3.05) is 25.0 Å². The van der Waals surface area contributed by atoms with Gasteiger partial charge in [0, 0.05) is 13.1 Å². The SMILES string of the molecule is Cc1cccc(Cl)c1NC(=O)CN1CC=C(C2C=CC=CN2)CC1. The monoisotopic (exact) mass is 343 g/mol. The van der Waals surface area contributed by atoms with Crippen molar-refractivity contribution in [3.8, 4) is 0 Å². The first-order chi connectivity index (χ1) is 11.6. The first kappa shape index (κ1) is 16.8. The van der Waals surface area contributed by atoms with Gasteiger partial charge in [-0.25, -0.2) is 0 Å². The van der Waals surface area contributed by atoms with Crippen molar-refractivity contribution in [1.82, 2.24) is 10.2 Å². The van der Waals surface area contributed by atoms with Crippen LogP contribution in [-0.2, 0) is 4.79 Å². The molecule has 24 heavy (non-hydrogen) atoms. The van der Waals surface area contributed by atoms with Crippen LogP contribution in [0.1, 0.15) is 12.0 Å². The van der Waals surface area contributed by atoms with Gasteiger partial charge in [-0.15, -0.1) is 0 Å². The van der Waals surface area contributed by atoms with E-state index in [1.54, 1.807) is 6.07 Å². The Kier molecular flexibility index (Phi) is 5.38. The lowest BCUT2D eigenvalue weighted by Gasteiger charge is -2.29. The molecule has 0 aliphatic carbocycles. The number of halogens is 1. The Balaban J connectivity index is 1.54. The molecule has 1 atom stereocenters. The van der Waals surface area contributed by atoms with Crippen molar-refractivity contribution < 1.29 is 4.79 Å². The zero-order chi connectivity index (χ0) is 16.9. The van der Waals surface area contributed by atoms with Gasteiger partial charge in [0.15, 0.2) is 0 Å². The lowest BCUT2D eigenvalue weighted by Crippen LogP contribution is -2.38. The van der Waals surface area contributed by atoms with Gasteiger partial charge in [0.2, 0.25) is 5.91 Å². The lowest BCUT2D eigenvalue weighted by molar-refractivity contribution is -0.117. The number of amides is 1. The molecule has 1 aromatic rings. The summed E-state index contributed by atoms with van der Waals surface area (Å²) in [5.74, 6) is -0.0262. The van der Waals surface area contributed by atoms with E-state index in [9.17, 15) is 4.79 Å². The van der Waals surface area contributed by atoms with Crippen LogP contribution in [0.4, 0.5) is 5.69 Å². The molecule has 0 fully saturated rings. The molecule has 1 aromatic carbocycles.